The lowest BCUT2D eigenvalue weighted by atomic mass is 9.90. The Labute approximate surface area is 151 Å². The van der Waals surface area contributed by atoms with Crippen LogP contribution in [-0.4, -0.2) is 30.0 Å². The number of amides is 1. The fourth-order valence-corrected chi connectivity index (χ4v) is 4.09. The number of nitrogens with zero attached hydrogens (tertiary/aromatic N) is 1. The molecule has 0 saturated carbocycles. The molecule has 0 bridgehead atoms. The van der Waals surface area contributed by atoms with Crippen LogP contribution in [0.1, 0.15) is 57.9 Å². The summed E-state index contributed by atoms with van der Waals surface area (Å²) in [6, 6.07) is 13.1. The van der Waals surface area contributed by atoms with Crippen molar-refractivity contribution in [2.45, 2.75) is 64.5 Å². The number of ether oxygens (including phenoxy) is 1. The van der Waals surface area contributed by atoms with E-state index in [0.717, 1.165) is 41.3 Å². The third kappa shape index (κ3) is 3.51. The van der Waals surface area contributed by atoms with E-state index in [2.05, 4.69) is 43.0 Å². The van der Waals surface area contributed by atoms with Crippen LogP contribution in [0.15, 0.2) is 36.4 Å². The molecule has 2 aromatic rings. The van der Waals surface area contributed by atoms with E-state index in [1.165, 1.54) is 6.42 Å². The monoisotopic (exact) mass is 339 g/mol. The van der Waals surface area contributed by atoms with Crippen LogP contribution >= 0.6 is 0 Å². The normalized spacial score (nSPS) is 22.0. The van der Waals surface area contributed by atoms with Gasteiger partial charge in [-0.1, -0.05) is 31.2 Å². The molecular formula is C22H29NO2. The number of hydrogen-bond acceptors (Lipinski definition) is 2. The Morgan fingerprint density at radius 3 is 2.64 bits per heavy atom. The molecule has 25 heavy (non-hydrogen) atoms. The SMILES string of the molecule is CCC1CCCC(C)N1C(=O)C(C)c1ccc2cc(OC)ccc2c1. The Bertz CT molecular complexity index is 755. The predicted octanol–water partition coefficient (Wildman–Crippen LogP) is 5.13. The third-order valence-electron chi connectivity index (χ3n) is 5.70. The Hall–Kier alpha value is -2.03. The maximum atomic E-state index is 13.2. The molecule has 1 amide bonds. The second-order valence-corrected chi connectivity index (χ2v) is 7.28. The highest BCUT2D eigenvalue weighted by Crippen LogP contribution is 2.31. The number of benzene rings is 2. The van der Waals surface area contributed by atoms with Gasteiger partial charge in [0.15, 0.2) is 0 Å². The van der Waals surface area contributed by atoms with E-state index in [4.69, 9.17) is 4.74 Å². The lowest BCUT2D eigenvalue weighted by molar-refractivity contribution is -0.139. The molecule has 3 rings (SSSR count). The summed E-state index contributed by atoms with van der Waals surface area (Å²) in [4.78, 5) is 15.4. The number of carbonyl (C=O) groups excluding carboxylic acids is 1. The fraction of sp³-hybridized carbons (Fsp3) is 0.500. The molecule has 3 atom stereocenters. The zero-order valence-electron chi connectivity index (χ0n) is 15.8. The zero-order valence-corrected chi connectivity index (χ0v) is 15.8. The van der Waals surface area contributed by atoms with Crippen LogP contribution in [0.25, 0.3) is 10.8 Å². The number of likely N-dealkylation sites (tertiary alicyclic amines) is 1. The van der Waals surface area contributed by atoms with E-state index >= 15 is 0 Å². The van der Waals surface area contributed by atoms with Gasteiger partial charge in [0.2, 0.25) is 5.91 Å². The number of fused-ring (bicyclic) bond motifs is 1. The molecule has 1 aliphatic rings. The Balaban J connectivity index is 1.87. The van der Waals surface area contributed by atoms with Gasteiger partial charge in [0, 0.05) is 12.1 Å². The highest BCUT2D eigenvalue weighted by Gasteiger charge is 2.33. The summed E-state index contributed by atoms with van der Waals surface area (Å²) in [5, 5.41) is 2.29. The minimum Gasteiger partial charge on any atom is -0.497 e. The molecule has 3 heteroatoms. The Morgan fingerprint density at radius 1 is 1.20 bits per heavy atom. The van der Waals surface area contributed by atoms with Crippen molar-refractivity contribution in [1.29, 1.82) is 0 Å². The van der Waals surface area contributed by atoms with Crippen LogP contribution in [0.2, 0.25) is 0 Å². The van der Waals surface area contributed by atoms with Crippen molar-refractivity contribution in [1.82, 2.24) is 4.90 Å². The smallest absolute Gasteiger partial charge is 0.230 e. The molecular weight excluding hydrogens is 310 g/mol. The highest BCUT2D eigenvalue weighted by molar-refractivity contribution is 5.88. The minimum atomic E-state index is -0.110. The average molecular weight is 339 g/mol. The first kappa shape index (κ1) is 17.8. The summed E-state index contributed by atoms with van der Waals surface area (Å²) >= 11 is 0. The van der Waals surface area contributed by atoms with Crippen LogP contribution in [0, 0.1) is 0 Å². The van der Waals surface area contributed by atoms with Crippen LogP contribution < -0.4 is 4.74 Å². The second kappa shape index (κ2) is 7.47. The second-order valence-electron chi connectivity index (χ2n) is 7.28. The molecule has 3 unspecified atom stereocenters. The predicted molar refractivity (Wildman–Crippen MR) is 103 cm³/mol. The van der Waals surface area contributed by atoms with Gasteiger partial charge in [0.05, 0.1) is 13.0 Å². The van der Waals surface area contributed by atoms with Gasteiger partial charge in [-0.05, 0) is 68.0 Å². The van der Waals surface area contributed by atoms with E-state index in [1.54, 1.807) is 7.11 Å². The first-order chi connectivity index (χ1) is 12.0. The summed E-state index contributed by atoms with van der Waals surface area (Å²) in [6.07, 6.45) is 4.53. The van der Waals surface area contributed by atoms with Crippen molar-refractivity contribution >= 4 is 16.7 Å². The number of rotatable bonds is 4. The molecule has 1 aliphatic heterocycles. The van der Waals surface area contributed by atoms with Crippen molar-refractivity contribution in [3.63, 3.8) is 0 Å². The topological polar surface area (TPSA) is 29.5 Å². The van der Waals surface area contributed by atoms with Gasteiger partial charge in [0.25, 0.3) is 0 Å². The molecule has 1 fully saturated rings. The van der Waals surface area contributed by atoms with Crippen molar-refractivity contribution in [2.24, 2.45) is 0 Å². The molecule has 3 nitrogen and oxygen atoms in total. The van der Waals surface area contributed by atoms with Crippen LogP contribution in [-0.2, 0) is 4.79 Å². The quantitative estimate of drug-likeness (QED) is 0.772. The molecule has 2 aromatic carbocycles. The third-order valence-corrected chi connectivity index (χ3v) is 5.70. The number of hydrogen-bond donors (Lipinski definition) is 0. The zero-order chi connectivity index (χ0) is 18.0. The first-order valence-corrected chi connectivity index (χ1v) is 9.45. The summed E-state index contributed by atoms with van der Waals surface area (Å²) in [6.45, 7) is 6.43. The highest BCUT2D eigenvalue weighted by atomic mass is 16.5. The lowest BCUT2D eigenvalue weighted by Crippen LogP contribution is -2.50. The van der Waals surface area contributed by atoms with Crippen molar-refractivity contribution in [3.8, 4) is 5.75 Å². The standard InChI is InChI=1S/C22H29NO2/c1-5-20-8-6-7-15(2)23(20)22(24)16(3)17-9-10-19-14-21(25-4)12-11-18(19)13-17/h9-16,20H,5-8H2,1-4H3. The molecule has 0 N–H and O–H groups in total. The maximum Gasteiger partial charge on any atom is 0.230 e. The van der Waals surface area contributed by atoms with Crippen LogP contribution in [0.3, 0.4) is 0 Å². The Morgan fingerprint density at radius 2 is 1.92 bits per heavy atom. The fourth-order valence-electron chi connectivity index (χ4n) is 4.09. The summed E-state index contributed by atoms with van der Waals surface area (Å²) in [5.74, 6) is 1.02. The average Bonchev–Trinajstić information content (AvgIpc) is 2.65. The molecule has 0 radical (unpaired) electrons. The Kier molecular flexibility index (Phi) is 5.31. The lowest BCUT2D eigenvalue weighted by Gasteiger charge is -2.42. The number of carbonyl (C=O) groups is 1. The molecule has 0 aliphatic carbocycles. The summed E-state index contributed by atoms with van der Waals surface area (Å²) < 4.78 is 5.29. The number of piperidine rings is 1. The van der Waals surface area contributed by atoms with Gasteiger partial charge in [0.1, 0.15) is 5.75 Å². The van der Waals surface area contributed by atoms with Gasteiger partial charge in [-0.2, -0.15) is 0 Å². The van der Waals surface area contributed by atoms with Crippen molar-refractivity contribution in [2.75, 3.05) is 7.11 Å². The molecule has 134 valence electrons. The molecule has 1 heterocycles. The van der Waals surface area contributed by atoms with Crippen molar-refractivity contribution in [3.05, 3.63) is 42.0 Å². The van der Waals surface area contributed by atoms with Crippen molar-refractivity contribution < 1.29 is 9.53 Å². The molecule has 0 spiro atoms. The van der Waals surface area contributed by atoms with E-state index in [1.807, 2.05) is 19.1 Å². The van der Waals surface area contributed by atoms with Gasteiger partial charge in [-0.15, -0.1) is 0 Å². The maximum absolute atomic E-state index is 13.2. The van der Waals surface area contributed by atoms with E-state index in [0.29, 0.717) is 12.1 Å². The summed E-state index contributed by atoms with van der Waals surface area (Å²) in [7, 11) is 1.68. The van der Waals surface area contributed by atoms with Gasteiger partial charge >= 0.3 is 0 Å². The van der Waals surface area contributed by atoms with E-state index in [-0.39, 0.29) is 11.8 Å². The van der Waals surface area contributed by atoms with Gasteiger partial charge in [-0.3, -0.25) is 4.79 Å². The van der Waals surface area contributed by atoms with Gasteiger partial charge < -0.3 is 9.64 Å². The number of methoxy groups -OCH3 is 1. The van der Waals surface area contributed by atoms with Crippen LogP contribution in [0.4, 0.5) is 0 Å². The van der Waals surface area contributed by atoms with E-state index < -0.39 is 0 Å². The molecule has 1 saturated heterocycles. The van der Waals surface area contributed by atoms with Crippen LogP contribution in [0.5, 0.6) is 5.75 Å². The molecule has 0 aromatic heterocycles. The first-order valence-electron chi connectivity index (χ1n) is 9.45. The minimum absolute atomic E-state index is 0.110. The largest absolute Gasteiger partial charge is 0.497 e. The van der Waals surface area contributed by atoms with E-state index in [9.17, 15) is 4.79 Å². The summed E-state index contributed by atoms with van der Waals surface area (Å²) in [5.41, 5.74) is 1.09. The van der Waals surface area contributed by atoms with Gasteiger partial charge in [-0.25, -0.2) is 0 Å².